The van der Waals surface area contributed by atoms with Crippen LogP contribution >= 0.6 is 11.8 Å². The number of pyridine rings is 1. The van der Waals surface area contributed by atoms with Crippen LogP contribution in [0.3, 0.4) is 0 Å². The van der Waals surface area contributed by atoms with Crippen molar-refractivity contribution in [3.05, 3.63) is 42.2 Å². The van der Waals surface area contributed by atoms with Gasteiger partial charge in [-0.05, 0) is 37.5 Å². The average molecular weight is 401 g/mol. The lowest BCUT2D eigenvalue weighted by molar-refractivity contribution is -0.123. The number of carbonyl (C=O) groups excluding carboxylic acids is 2. The van der Waals surface area contributed by atoms with Crippen LogP contribution in [0.15, 0.2) is 36.5 Å². The molecule has 0 spiro atoms. The Balaban J connectivity index is 1.82. The fourth-order valence-electron chi connectivity index (χ4n) is 3.00. The molecule has 3 rings (SSSR count). The average Bonchev–Trinajstić information content (AvgIpc) is 3.08. The van der Waals surface area contributed by atoms with Crippen LogP contribution in [0.2, 0.25) is 0 Å². The Hall–Kier alpha value is -2.58. The minimum atomic E-state index is -0.686. The molecule has 3 aromatic rings. The van der Waals surface area contributed by atoms with E-state index >= 15 is 0 Å². The topological polar surface area (TPSA) is 107 Å². The third-order valence-electron chi connectivity index (χ3n) is 4.52. The minimum absolute atomic E-state index is 0.159. The summed E-state index contributed by atoms with van der Waals surface area (Å²) in [5.74, 6) is 0.0167. The first-order valence-electron chi connectivity index (χ1n) is 9.11. The quantitative estimate of drug-likeness (QED) is 0.463. The Labute approximate surface area is 167 Å². The second-order valence-electron chi connectivity index (χ2n) is 6.69. The molecule has 148 valence electrons. The molecule has 2 aromatic heterocycles. The van der Waals surface area contributed by atoms with Crippen LogP contribution in [0.4, 0.5) is 0 Å². The Morgan fingerprint density at radius 1 is 1.21 bits per heavy atom. The summed E-state index contributed by atoms with van der Waals surface area (Å²) in [5.41, 5.74) is 2.09. The molecule has 1 aromatic carbocycles. The number of benzene rings is 1. The Bertz CT molecular complexity index is 988. The number of nitrogens with one attached hydrogen (secondary N) is 3. The molecule has 4 N–H and O–H groups in total. The molecule has 0 aliphatic rings. The van der Waals surface area contributed by atoms with Crippen molar-refractivity contribution in [3.63, 3.8) is 0 Å². The summed E-state index contributed by atoms with van der Waals surface area (Å²) in [5, 5.41) is 16.6. The van der Waals surface area contributed by atoms with Gasteiger partial charge in [0.05, 0.1) is 18.3 Å². The molecular formula is C20H24N4O3S. The molecule has 7 nitrogen and oxygen atoms in total. The number of para-hydroxylation sites is 1. The highest BCUT2D eigenvalue weighted by atomic mass is 32.2. The molecule has 28 heavy (non-hydrogen) atoms. The van der Waals surface area contributed by atoms with E-state index in [9.17, 15) is 9.59 Å². The lowest BCUT2D eigenvalue weighted by atomic mass is 10.1. The van der Waals surface area contributed by atoms with Crippen molar-refractivity contribution in [1.29, 1.82) is 0 Å². The van der Waals surface area contributed by atoms with Crippen molar-refractivity contribution >= 4 is 45.4 Å². The predicted molar refractivity (Wildman–Crippen MR) is 113 cm³/mol. The molecule has 0 saturated heterocycles. The number of fused-ring (bicyclic) bond motifs is 3. The number of nitrogens with zero attached hydrogens (tertiary/aromatic N) is 1. The summed E-state index contributed by atoms with van der Waals surface area (Å²) in [6, 6.07) is 8.53. The summed E-state index contributed by atoms with van der Waals surface area (Å²) in [7, 11) is 0. The highest BCUT2D eigenvalue weighted by Gasteiger charge is 2.23. The number of aromatic nitrogens is 2. The number of aliphatic hydroxyl groups is 1. The zero-order chi connectivity index (χ0) is 20.1. The molecule has 2 amide bonds. The van der Waals surface area contributed by atoms with Crippen molar-refractivity contribution < 1.29 is 14.7 Å². The van der Waals surface area contributed by atoms with E-state index in [1.807, 2.05) is 30.5 Å². The maximum Gasteiger partial charge on any atom is 0.270 e. The highest BCUT2D eigenvalue weighted by Crippen LogP contribution is 2.25. The van der Waals surface area contributed by atoms with Crippen LogP contribution in [0.25, 0.3) is 21.8 Å². The third kappa shape index (κ3) is 4.45. The van der Waals surface area contributed by atoms with Crippen LogP contribution in [0.1, 0.15) is 23.8 Å². The van der Waals surface area contributed by atoms with Crippen molar-refractivity contribution in [2.24, 2.45) is 0 Å². The Morgan fingerprint density at radius 2 is 2.00 bits per heavy atom. The van der Waals surface area contributed by atoms with E-state index in [1.54, 1.807) is 30.9 Å². The van der Waals surface area contributed by atoms with Gasteiger partial charge < -0.3 is 20.7 Å². The normalized spacial score (nSPS) is 13.4. The van der Waals surface area contributed by atoms with Gasteiger partial charge in [0.25, 0.3) is 5.91 Å². The van der Waals surface area contributed by atoms with E-state index in [4.69, 9.17) is 5.11 Å². The van der Waals surface area contributed by atoms with Crippen molar-refractivity contribution in [3.8, 4) is 0 Å². The van der Waals surface area contributed by atoms with Gasteiger partial charge in [-0.2, -0.15) is 11.8 Å². The molecule has 0 radical (unpaired) electrons. The number of rotatable bonds is 8. The number of hydrogen-bond donors (Lipinski definition) is 4. The van der Waals surface area contributed by atoms with Crippen LogP contribution in [-0.4, -0.2) is 57.6 Å². The summed E-state index contributed by atoms with van der Waals surface area (Å²) < 4.78 is 0. The van der Waals surface area contributed by atoms with Gasteiger partial charge >= 0.3 is 0 Å². The molecular weight excluding hydrogens is 376 g/mol. The first-order chi connectivity index (χ1) is 13.5. The fraction of sp³-hybridized carbons (Fsp3) is 0.350. The van der Waals surface area contributed by atoms with Crippen molar-refractivity contribution in [1.82, 2.24) is 20.6 Å². The standard InChI is InChI=1S/C20H24N4O3S/c1-12(11-25)22-19(26)16(7-8-28-2)24-20(27)17-9-14-13-5-3-4-6-15(13)23-18(14)10-21-17/h3-6,9-10,12,16,23,25H,7-8,11H2,1-2H3,(H,22,26)(H,24,27). The van der Waals surface area contributed by atoms with Crippen molar-refractivity contribution in [2.45, 2.75) is 25.4 Å². The molecule has 0 bridgehead atoms. The first-order valence-corrected chi connectivity index (χ1v) is 10.5. The van der Waals surface area contributed by atoms with Gasteiger partial charge in [-0.25, -0.2) is 4.98 Å². The maximum absolute atomic E-state index is 12.8. The van der Waals surface area contributed by atoms with E-state index in [1.165, 1.54) is 0 Å². The minimum Gasteiger partial charge on any atom is -0.394 e. The third-order valence-corrected chi connectivity index (χ3v) is 5.16. The highest BCUT2D eigenvalue weighted by molar-refractivity contribution is 7.98. The lowest BCUT2D eigenvalue weighted by Gasteiger charge is -2.20. The van der Waals surface area contributed by atoms with Crippen LogP contribution < -0.4 is 10.6 Å². The number of aromatic amines is 1. The Kier molecular flexibility index (Phi) is 6.53. The maximum atomic E-state index is 12.8. The molecule has 8 heteroatoms. The number of carbonyl (C=O) groups is 2. The SMILES string of the molecule is CSCCC(NC(=O)c1cc2c(cn1)[nH]c1ccccc12)C(=O)NC(C)CO. The second-order valence-corrected chi connectivity index (χ2v) is 7.67. The van der Waals surface area contributed by atoms with E-state index in [0.717, 1.165) is 27.6 Å². The van der Waals surface area contributed by atoms with Crippen LogP contribution in [0, 0.1) is 0 Å². The molecule has 0 aliphatic heterocycles. The number of hydrogen-bond acceptors (Lipinski definition) is 5. The van der Waals surface area contributed by atoms with Gasteiger partial charge in [0.2, 0.25) is 5.91 Å². The zero-order valence-corrected chi connectivity index (χ0v) is 16.7. The number of aliphatic hydroxyl groups excluding tert-OH is 1. The van der Waals surface area contributed by atoms with Gasteiger partial charge in [-0.15, -0.1) is 0 Å². The zero-order valence-electron chi connectivity index (χ0n) is 15.9. The Morgan fingerprint density at radius 3 is 2.75 bits per heavy atom. The molecule has 2 heterocycles. The van der Waals surface area contributed by atoms with Gasteiger partial charge in [-0.1, -0.05) is 18.2 Å². The molecule has 0 fully saturated rings. The fourth-order valence-corrected chi connectivity index (χ4v) is 3.47. The summed E-state index contributed by atoms with van der Waals surface area (Å²) in [4.78, 5) is 32.7. The number of H-pyrrole nitrogens is 1. The largest absolute Gasteiger partial charge is 0.394 e. The van der Waals surface area contributed by atoms with Gasteiger partial charge in [0.15, 0.2) is 0 Å². The van der Waals surface area contributed by atoms with Crippen LogP contribution in [-0.2, 0) is 4.79 Å². The second kappa shape index (κ2) is 9.07. The molecule has 0 saturated carbocycles. The molecule has 0 aliphatic carbocycles. The van der Waals surface area contributed by atoms with E-state index in [0.29, 0.717) is 6.42 Å². The summed E-state index contributed by atoms with van der Waals surface area (Å²) in [6.45, 7) is 1.55. The summed E-state index contributed by atoms with van der Waals surface area (Å²) >= 11 is 1.60. The lowest BCUT2D eigenvalue weighted by Crippen LogP contribution is -2.50. The van der Waals surface area contributed by atoms with Gasteiger partial charge in [-0.3, -0.25) is 9.59 Å². The summed E-state index contributed by atoms with van der Waals surface area (Å²) in [6.07, 6.45) is 4.07. The first kappa shape index (κ1) is 20.2. The van der Waals surface area contributed by atoms with E-state index in [2.05, 4.69) is 20.6 Å². The van der Waals surface area contributed by atoms with Crippen LogP contribution in [0.5, 0.6) is 0 Å². The van der Waals surface area contributed by atoms with E-state index in [-0.39, 0.29) is 24.2 Å². The van der Waals surface area contributed by atoms with Crippen molar-refractivity contribution in [2.75, 3.05) is 18.6 Å². The smallest absolute Gasteiger partial charge is 0.270 e. The molecule has 2 atom stereocenters. The van der Waals surface area contributed by atoms with Gasteiger partial charge in [0, 0.05) is 22.3 Å². The number of thioether (sulfide) groups is 1. The van der Waals surface area contributed by atoms with E-state index < -0.39 is 11.9 Å². The van der Waals surface area contributed by atoms with Gasteiger partial charge in [0.1, 0.15) is 11.7 Å². The monoisotopic (exact) mass is 400 g/mol. The number of amides is 2. The molecule has 2 unspecified atom stereocenters. The predicted octanol–water partition coefficient (Wildman–Crippen LogP) is 2.06.